The fourth-order valence-electron chi connectivity index (χ4n) is 3.40. The number of likely N-dealkylation sites (tertiary alicyclic amines) is 1. The molecule has 25 heavy (non-hydrogen) atoms. The molecular weight excluding hydrogens is 334 g/mol. The molecule has 1 fully saturated rings. The molecule has 2 heterocycles. The highest BCUT2D eigenvalue weighted by Gasteiger charge is 2.32. The van der Waals surface area contributed by atoms with Gasteiger partial charge in [-0.1, -0.05) is 36.8 Å². The fourth-order valence-corrected chi connectivity index (χ4v) is 3.40. The van der Waals surface area contributed by atoms with Gasteiger partial charge in [0.05, 0.1) is 11.6 Å². The normalized spacial score (nSPS) is 18.0. The summed E-state index contributed by atoms with van der Waals surface area (Å²) in [5, 5.41) is 12.7. The summed E-state index contributed by atoms with van der Waals surface area (Å²) in [6, 6.07) is 8.92. The third-order valence-corrected chi connectivity index (χ3v) is 4.95. The Hall–Kier alpha value is -1.46. The highest BCUT2D eigenvalue weighted by atomic mass is 35.5. The summed E-state index contributed by atoms with van der Waals surface area (Å²) in [7, 11) is 0. The first-order valence-electron chi connectivity index (χ1n) is 8.95. The Morgan fingerprint density at radius 2 is 1.68 bits per heavy atom. The van der Waals surface area contributed by atoms with Crippen molar-refractivity contribution < 1.29 is 12.4 Å². The van der Waals surface area contributed by atoms with Crippen LogP contribution >= 0.6 is 0 Å². The molecule has 1 saturated heterocycles. The molecule has 0 spiro atoms. The molecule has 0 N–H and O–H groups in total. The van der Waals surface area contributed by atoms with Crippen LogP contribution < -0.4 is 12.4 Å². The van der Waals surface area contributed by atoms with Crippen LogP contribution in [0.2, 0.25) is 0 Å². The lowest BCUT2D eigenvalue weighted by atomic mass is 9.94. The zero-order chi connectivity index (χ0) is 17.3. The van der Waals surface area contributed by atoms with Gasteiger partial charge in [-0.15, -0.1) is 5.10 Å². The summed E-state index contributed by atoms with van der Waals surface area (Å²) in [6.07, 6.45) is 2.47. The first-order chi connectivity index (χ1) is 11.4. The van der Waals surface area contributed by atoms with Crippen LogP contribution in [0.4, 0.5) is 0 Å². The number of hydrogen-bond donors (Lipinski definition) is 0. The van der Waals surface area contributed by atoms with Crippen LogP contribution in [-0.4, -0.2) is 38.2 Å². The van der Waals surface area contributed by atoms with Crippen LogP contribution in [-0.2, 0) is 5.54 Å². The lowest BCUT2D eigenvalue weighted by Crippen LogP contribution is -3.00. The monoisotopic (exact) mass is 362 g/mol. The van der Waals surface area contributed by atoms with Gasteiger partial charge >= 0.3 is 0 Å². The van der Waals surface area contributed by atoms with Gasteiger partial charge in [-0.05, 0) is 75.5 Å². The zero-order valence-electron chi connectivity index (χ0n) is 15.9. The number of piperidine rings is 1. The van der Waals surface area contributed by atoms with Crippen molar-refractivity contribution in [2.45, 2.75) is 59.0 Å². The van der Waals surface area contributed by atoms with Gasteiger partial charge in [0.25, 0.3) is 0 Å². The van der Waals surface area contributed by atoms with Gasteiger partial charge in [0.1, 0.15) is 0 Å². The van der Waals surface area contributed by atoms with Crippen LogP contribution in [0.3, 0.4) is 0 Å². The van der Waals surface area contributed by atoms with E-state index in [0.717, 1.165) is 24.8 Å². The molecule has 3 rings (SSSR count). The average molecular weight is 363 g/mol. The van der Waals surface area contributed by atoms with Crippen molar-refractivity contribution in [2.75, 3.05) is 13.1 Å². The second-order valence-corrected chi connectivity index (χ2v) is 8.15. The lowest BCUT2D eigenvalue weighted by Gasteiger charge is -2.37. The number of halogens is 1. The highest BCUT2D eigenvalue weighted by molar-refractivity contribution is 5.28. The maximum absolute atomic E-state index is 4.44. The molecule has 138 valence electrons. The topological polar surface area (TPSA) is 46.8 Å². The first kappa shape index (κ1) is 19.9. The van der Waals surface area contributed by atoms with Crippen LogP contribution in [0.5, 0.6) is 0 Å². The van der Waals surface area contributed by atoms with Gasteiger partial charge in [-0.2, -0.15) is 0 Å². The van der Waals surface area contributed by atoms with Crippen molar-refractivity contribution in [3.8, 4) is 0 Å². The van der Waals surface area contributed by atoms with Gasteiger partial charge in [-0.3, -0.25) is 4.90 Å². The standard InChI is InChI=1S/C19H29N5.ClH/c1-14-6-8-16(9-7-14)17(23-12-10-15(2)11-13-23)18-20-21-22-24(18)19(3,4)5;/h6-9,15,17H,10-13H2,1-5H3;1H/p-1. The Bertz CT molecular complexity index is 666. The van der Waals surface area contributed by atoms with Gasteiger partial charge in [0.2, 0.25) is 0 Å². The van der Waals surface area contributed by atoms with Crippen molar-refractivity contribution in [3.63, 3.8) is 0 Å². The Labute approximate surface area is 157 Å². The van der Waals surface area contributed by atoms with E-state index in [1.54, 1.807) is 0 Å². The molecule has 1 aliphatic rings. The Balaban J connectivity index is 0.00000225. The molecule has 0 saturated carbocycles. The molecule has 2 aromatic rings. The Kier molecular flexibility index (Phi) is 6.22. The molecule has 0 aliphatic carbocycles. The number of hydrogen-bond acceptors (Lipinski definition) is 4. The second-order valence-electron chi connectivity index (χ2n) is 8.15. The van der Waals surface area contributed by atoms with E-state index in [4.69, 9.17) is 0 Å². The van der Waals surface area contributed by atoms with Gasteiger partial charge in [0.15, 0.2) is 5.82 Å². The van der Waals surface area contributed by atoms with Crippen LogP contribution in [0.25, 0.3) is 0 Å². The minimum atomic E-state index is -0.134. The van der Waals surface area contributed by atoms with Gasteiger partial charge in [0, 0.05) is 0 Å². The van der Waals surface area contributed by atoms with E-state index in [0.29, 0.717) is 0 Å². The van der Waals surface area contributed by atoms with Crippen LogP contribution in [0.15, 0.2) is 24.3 Å². The summed E-state index contributed by atoms with van der Waals surface area (Å²) in [4.78, 5) is 2.54. The number of aryl methyl sites for hydroxylation is 1. The van der Waals surface area contributed by atoms with E-state index >= 15 is 0 Å². The number of aromatic nitrogens is 4. The Morgan fingerprint density at radius 3 is 2.24 bits per heavy atom. The van der Waals surface area contributed by atoms with Crippen molar-refractivity contribution in [2.24, 2.45) is 5.92 Å². The third kappa shape index (κ3) is 4.39. The number of nitrogens with zero attached hydrogens (tertiary/aromatic N) is 5. The number of rotatable bonds is 3. The Morgan fingerprint density at radius 1 is 1.08 bits per heavy atom. The quantitative estimate of drug-likeness (QED) is 0.800. The van der Waals surface area contributed by atoms with Gasteiger partial charge in [-0.25, -0.2) is 4.68 Å². The van der Waals surface area contributed by atoms with Crippen molar-refractivity contribution in [1.29, 1.82) is 0 Å². The third-order valence-electron chi connectivity index (χ3n) is 4.95. The maximum atomic E-state index is 4.44. The maximum Gasteiger partial charge on any atom is 0.173 e. The zero-order valence-corrected chi connectivity index (χ0v) is 16.7. The van der Waals surface area contributed by atoms with E-state index in [1.807, 2.05) is 4.68 Å². The molecule has 0 amide bonds. The number of benzene rings is 1. The molecular formula is C19H29ClN5-. The largest absolute Gasteiger partial charge is 1.00 e. The number of tetrazole rings is 1. The minimum absolute atomic E-state index is 0. The van der Waals surface area contributed by atoms with Crippen molar-refractivity contribution in [3.05, 3.63) is 41.2 Å². The summed E-state index contributed by atoms with van der Waals surface area (Å²) in [5.41, 5.74) is 2.42. The van der Waals surface area contributed by atoms with Crippen LogP contribution in [0.1, 0.15) is 63.5 Å². The average Bonchev–Trinajstić information content (AvgIpc) is 3.01. The molecule has 1 unspecified atom stereocenters. The van der Waals surface area contributed by atoms with E-state index < -0.39 is 0 Å². The summed E-state index contributed by atoms with van der Waals surface area (Å²) < 4.78 is 1.98. The van der Waals surface area contributed by atoms with E-state index in [-0.39, 0.29) is 24.0 Å². The fraction of sp³-hybridized carbons (Fsp3) is 0.632. The summed E-state index contributed by atoms with van der Waals surface area (Å²) >= 11 is 0. The SMILES string of the molecule is Cc1ccc(C(c2nnnn2C(C)(C)C)N2CCC(C)CC2)cc1.[Cl-]. The predicted molar refractivity (Wildman–Crippen MR) is 95.8 cm³/mol. The molecule has 6 heteroatoms. The molecule has 1 aromatic carbocycles. The van der Waals surface area contributed by atoms with E-state index in [2.05, 4.69) is 79.3 Å². The van der Waals surface area contributed by atoms with E-state index in [1.165, 1.54) is 24.0 Å². The summed E-state index contributed by atoms with van der Waals surface area (Å²) in [6.45, 7) is 13.1. The molecule has 5 nitrogen and oxygen atoms in total. The second kappa shape index (κ2) is 7.83. The smallest absolute Gasteiger partial charge is 0.173 e. The van der Waals surface area contributed by atoms with Gasteiger partial charge < -0.3 is 12.4 Å². The minimum Gasteiger partial charge on any atom is -1.00 e. The molecule has 1 aliphatic heterocycles. The molecule has 0 bridgehead atoms. The van der Waals surface area contributed by atoms with Crippen LogP contribution in [0, 0.1) is 12.8 Å². The van der Waals surface area contributed by atoms with E-state index in [9.17, 15) is 0 Å². The molecule has 1 aromatic heterocycles. The summed E-state index contributed by atoms with van der Waals surface area (Å²) in [5.74, 6) is 1.75. The molecule has 1 atom stereocenters. The van der Waals surface area contributed by atoms with Crippen molar-refractivity contribution >= 4 is 0 Å². The lowest BCUT2D eigenvalue weighted by molar-refractivity contribution is -0.00000608. The predicted octanol–water partition coefficient (Wildman–Crippen LogP) is 0.562. The molecule has 0 radical (unpaired) electrons. The highest BCUT2D eigenvalue weighted by Crippen LogP contribution is 2.32. The van der Waals surface area contributed by atoms with Crippen molar-refractivity contribution in [1.82, 2.24) is 25.1 Å². The first-order valence-corrected chi connectivity index (χ1v) is 8.95.